The molecular weight excluding hydrogens is 270 g/mol. The zero-order chi connectivity index (χ0) is 15.5. The lowest BCUT2D eigenvalue weighted by Crippen LogP contribution is -2.15. The number of esters is 1. The van der Waals surface area contributed by atoms with Crippen LogP contribution < -0.4 is 14.8 Å². The van der Waals surface area contributed by atoms with Gasteiger partial charge in [-0.3, -0.25) is 4.79 Å². The van der Waals surface area contributed by atoms with E-state index in [4.69, 9.17) is 9.47 Å². The molecule has 0 aliphatic carbocycles. The first-order valence-electron chi connectivity index (χ1n) is 7.28. The second kappa shape index (κ2) is 10.0. The van der Waals surface area contributed by atoms with Crippen LogP contribution >= 0.6 is 0 Å². The van der Waals surface area contributed by atoms with Crippen LogP contribution in [0.5, 0.6) is 11.5 Å². The zero-order valence-electron chi connectivity index (χ0n) is 13.1. The first-order chi connectivity index (χ1) is 10.2. The number of hydrogen-bond acceptors (Lipinski definition) is 5. The molecule has 0 aliphatic heterocycles. The molecule has 0 saturated carbocycles. The van der Waals surface area contributed by atoms with Crippen molar-refractivity contribution in [1.29, 1.82) is 0 Å². The van der Waals surface area contributed by atoms with E-state index in [1.807, 2.05) is 18.2 Å². The van der Waals surface area contributed by atoms with Crippen LogP contribution in [-0.2, 0) is 16.1 Å². The molecule has 118 valence electrons. The highest BCUT2D eigenvalue weighted by Gasteiger charge is 2.07. The van der Waals surface area contributed by atoms with E-state index in [2.05, 4.69) is 17.0 Å². The molecule has 0 saturated heterocycles. The lowest BCUT2D eigenvalue weighted by molar-refractivity contribution is -0.140. The third-order valence-electron chi connectivity index (χ3n) is 3.03. The summed E-state index contributed by atoms with van der Waals surface area (Å²) in [7, 11) is 3.02. The van der Waals surface area contributed by atoms with E-state index in [0.717, 1.165) is 36.6 Å². The first-order valence-corrected chi connectivity index (χ1v) is 7.28. The number of ether oxygens (including phenoxy) is 3. The van der Waals surface area contributed by atoms with E-state index in [1.165, 1.54) is 7.11 Å². The fourth-order valence-corrected chi connectivity index (χ4v) is 1.84. The van der Waals surface area contributed by atoms with Crippen molar-refractivity contribution in [1.82, 2.24) is 5.32 Å². The summed E-state index contributed by atoms with van der Waals surface area (Å²) in [5, 5.41) is 3.35. The Hall–Kier alpha value is -1.75. The van der Waals surface area contributed by atoms with Crippen molar-refractivity contribution >= 4 is 5.97 Å². The van der Waals surface area contributed by atoms with Crippen LogP contribution in [0.25, 0.3) is 0 Å². The average molecular weight is 295 g/mol. The van der Waals surface area contributed by atoms with Crippen LogP contribution in [0.4, 0.5) is 0 Å². The van der Waals surface area contributed by atoms with Gasteiger partial charge >= 0.3 is 5.97 Å². The molecule has 0 bridgehead atoms. The van der Waals surface area contributed by atoms with Gasteiger partial charge in [-0.1, -0.05) is 13.0 Å². The first kappa shape index (κ1) is 17.3. The van der Waals surface area contributed by atoms with Gasteiger partial charge in [-0.2, -0.15) is 0 Å². The lowest BCUT2D eigenvalue weighted by atomic mass is 10.2. The van der Waals surface area contributed by atoms with E-state index in [-0.39, 0.29) is 5.97 Å². The fraction of sp³-hybridized carbons (Fsp3) is 0.562. The van der Waals surface area contributed by atoms with Crippen molar-refractivity contribution in [2.24, 2.45) is 0 Å². The fourth-order valence-electron chi connectivity index (χ4n) is 1.84. The van der Waals surface area contributed by atoms with E-state index < -0.39 is 0 Å². The summed E-state index contributed by atoms with van der Waals surface area (Å²) < 4.78 is 15.6. The van der Waals surface area contributed by atoms with Crippen molar-refractivity contribution in [3.8, 4) is 11.5 Å². The van der Waals surface area contributed by atoms with Gasteiger partial charge in [-0.25, -0.2) is 0 Å². The summed E-state index contributed by atoms with van der Waals surface area (Å²) in [5.41, 5.74) is 1.09. The van der Waals surface area contributed by atoms with Crippen LogP contribution in [0.2, 0.25) is 0 Å². The molecular formula is C16H25NO4. The van der Waals surface area contributed by atoms with Gasteiger partial charge in [0.1, 0.15) is 11.5 Å². The number of hydrogen-bond donors (Lipinski definition) is 1. The molecule has 5 nitrogen and oxygen atoms in total. The Morgan fingerprint density at radius 2 is 2.10 bits per heavy atom. The van der Waals surface area contributed by atoms with Crippen LogP contribution in [0.3, 0.4) is 0 Å². The Morgan fingerprint density at radius 1 is 1.29 bits per heavy atom. The normalized spacial score (nSPS) is 10.2. The van der Waals surface area contributed by atoms with Crippen LogP contribution in [0.15, 0.2) is 18.2 Å². The van der Waals surface area contributed by atoms with Crippen molar-refractivity contribution < 1.29 is 19.0 Å². The summed E-state index contributed by atoms with van der Waals surface area (Å²) in [6.07, 6.45) is 2.08. The minimum atomic E-state index is -0.214. The highest BCUT2D eigenvalue weighted by Crippen LogP contribution is 2.25. The van der Waals surface area contributed by atoms with Crippen molar-refractivity contribution in [3.05, 3.63) is 23.8 Å². The minimum Gasteiger partial charge on any atom is -0.497 e. The summed E-state index contributed by atoms with van der Waals surface area (Å²) in [5.74, 6) is 1.34. The Labute approximate surface area is 126 Å². The molecule has 1 rings (SSSR count). The van der Waals surface area contributed by atoms with E-state index in [1.54, 1.807) is 7.11 Å². The second-order valence-corrected chi connectivity index (χ2v) is 4.68. The predicted octanol–water partition coefficient (Wildman–Crippen LogP) is 2.53. The molecule has 0 spiro atoms. The molecule has 0 atom stereocenters. The monoisotopic (exact) mass is 295 g/mol. The Balaban J connectivity index is 2.56. The number of carbonyl (C=O) groups excluding carboxylic acids is 1. The number of carbonyl (C=O) groups is 1. The molecule has 1 aromatic carbocycles. The third kappa shape index (κ3) is 6.49. The van der Waals surface area contributed by atoms with Gasteiger partial charge in [0.05, 0.1) is 20.8 Å². The zero-order valence-corrected chi connectivity index (χ0v) is 13.1. The summed E-state index contributed by atoms with van der Waals surface area (Å²) in [6, 6.07) is 5.79. The molecule has 21 heavy (non-hydrogen) atoms. The molecule has 0 aliphatic rings. The van der Waals surface area contributed by atoms with E-state index >= 15 is 0 Å². The minimum absolute atomic E-state index is 0.214. The summed E-state index contributed by atoms with van der Waals surface area (Å²) >= 11 is 0. The quantitative estimate of drug-likeness (QED) is 0.531. The molecule has 0 radical (unpaired) electrons. The number of rotatable bonds is 10. The highest BCUT2D eigenvalue weighted by atomic mass is 16.5. The maximum Gasteiger partial charge on any atom is 0.305 e. The van der Waals surface area contributed by atoms with Crippen LogP contribution in [-0.4, -0.2) is 33.3 Å². The van der Waals surface area contributed by atoms with E-state index in [0.29, 0.717) is 19.4 Å². The van der Waals surface area contributed by atoms with Gasteiger partial charge in [0.15, 0.2) is 0 Å². The van der Waals surface area contributed by atoms with Gasteiger partial charge in [0.25, 0.3) is 0 Å². The lowest BCUT2D eigenvalue weighted by Gasteiger charge is -2.13. The Kier molecular flexibility index (Phi) is 8.28. The van der Waals surface area contributed by atoms with E-state index in [9.17, 15) is 4.79 Å². The second-order valence-electron chi connectivity index (χ2n) is 4.68. The van der Waals surface area contributed by atoms with Gasteiger partial charge in [-0.05, 0) is 25.5 Å². The smallest absolute Gasteiger partial charge is 0.305 e. The van der Waals surface area contributed by atoms with Gasteiger partial charge < -0.3 is 19.5 Å². The Bertz CT molecular complexity index is 434. The number of benzene rings is 1. The van der Waals surface area contributed by atoms with Gasteiger partial charge in [0, 0.05) is 24.6 Å². The van der Waals surface area contributed by atoms with Crippen molar-refractivity contribution in [3.63, 3.8) is 0 Å². The largest absolute Gasteiger partial charge is 0.497 e. The topological polar surface area (TPSA) is 56.8 Å². The highest BCUT2D eigenvalue weighted by molar-refractivity contribution is 5.69. The van der Waals surface area contributed by atoms with Crippen LogP contribution in [0, 0.1) is 0 Å². The average Bonchev–Trinajstić information content (AvgIpc) is 2.52. The summed E-state index contributed by atoms with van der Waals surface area (Å²) in [4.78, 5) is 11.1. The number of nitrogens with one attached hydrogen (secondary N) is 1. The predicted molar refractivity (Wildman–Crippen MR) is 81.7 cm³/mol. The number of methoxy groups -OCH3 is 2. The molecule has 0 amide bonds. The van der Waals surface area contributed by atoms with Gasteiger partial charge in [-0.15, -0.1) is 0 Å². The van der Waals surface area contributed by atoms with Crippen molar-refractivity contribution in [2.75, 3.05) is 27.4 Å². The molecule has 0 aromatic heterocycles. The SMILES string of the molecule is CCCNCc1ccc(OC)cc1OCCCC(=O)OC. The molecule has 5 heteroatoms. The molecule has 0 unspecified atom stereocenters. The van der Waals surface area contributed by atoms with Gasteiger partial charge in [0.2, 0.25) is 0 Å². The maximum atomic E-state index is 11.1. The molecule has 0 heterocycles. The molecule has 1 aromatic rings. The summed E-state index contributed by atoms with van der Waals surface area (Å²) in [6.45, 7) is 4.33. The molecule has 1 N–H and O–H groups in total. The standard InChI is InChI=1S/C16H25NO4/c1-4-9-17-12-13-7-8-14(19-2)11-15(13)21-10-5-6-16(18)20-3/h7-8,11,17H,4-6,9-10,12H2,1-3H3. The Morgan fingerprint density at radius 3 is 2.76 bits per heavy atom. The maximum absolute atomic E-state index is 11.1. The third-order valence-corrected chi connectivity index (χ3v) is 3.03. The van der Waals surface area contributed by atoms with Crippen molar-refractivity contribution in [2.45, 2.75) is 32.7 Å². The van der Waals surface area contributed by atoms with Crippen LogP contribution in [0.1, 0.15) is 31.7 Å². The molecule has 0 fully saturated rings.